The summed E-state index contributed by atoms with van der Waals surface area (Å²) in [6.45, 7) is 12.4. The van der Waals surface area contributed by atoms with Crippen molar-refractivity contribution in [2.24, 2.45) is 5.92 Å². The van der Waals surface area contributed by atoms with Gasteiger partial charge in [0.2, 0.25) is 5.91 Å². The highest BCUT2D eigenvalue weighted by atomic mass is 19.1. The van der Waals surface area contributed by atoms with Crippen molar-refractivity contribution in [1.29, 1.82) is 0 Å². The first-order chi connectivity index (χ1) is 15.1. The molecule has 0 aliphatic rings. The Kier molecular flexibility index (Phi) is 9.24. The van der Waals surface area contributed by atoms with E-state index in [0.717, 1.165) is 22.3 Å². The Hall–Kier alpha value is -2.89. The molecule has 0 saturated heterocycles. The van der Waals surface area contributed by atoms with Gasteiger partial charge in [-0.1, -0.05) is 39.0 Å². The number of nitrogens with zero attached hydrogens (tertiary/aromatic N) is 1. The number of aryl methyl sites for hydroxylation is 2. The fraction of sp³-hybridized carbons (Fsp3) is 0.462. The van der Waals surface area contributed by atoms with Crippen LogP contribution in [0.5, 0.6) is 5.75 Å². The van der Waals surface area contributed by atoms with Gasteiger partial charge in [0.25, 0.3) is 5.91 Å². The van der Waals surface area contributed by atoms with Crippen LogP contribution in [0.1, 0.15) is 49.4 Å². The van der Waals surface area contributed by atoms with E-state index in [-0.39, 0.29) is 30.8 Å². The molecule has 5 nitrogen and oxygen atoms in total. The van der Waals surface area contributed by atoms with E-state index in [0.29, 0.717) is 24.6 Å². The summed E-state index contributed by atoms with van der Waals surface area (Å²) in [5.74, 6) is 0.129. The second kappa shape index (κ2) is 11.7. The Bertz CT molecular complexity index is 925. The largest absolute Gasteiger partial charge is 0.483 e. The standard InChI is InChI=1S/C26H35FN2O3/c1-7-23(26(31)28-14-17(2)3)29(15-21-8-10-22(27)11-9-21)25(30)16-32-24-13-18(4)12-19(5)20(24)6/h8-13,17,23H,7,14-16H2,1-6H3,(H,28,31)/t23-/m1/s1. The van der Waals surface area contributed by atoms with Crippen molar-refractivity contribution in [2.75, 3.05) is 13.2 Å². The summed E-state index contributed by atoms with van der Waals surface area (Å²) in [6, 6.07) is 9.30. The predicted octanol–water partition coefficient (Wildman–Crippen LogP) is 4.71. The first-order valence-corrected chi connectivity index (χ1v) is 11.1. The van der Waals surface area contributed by atoms with E-state index < -0.39 is 6.04 Å². The fourth-order valence-electron chi connectivity index (χ4n) is 3.50. The maximum Gasteiger partial charge on any atom is 0.261 e. The number of carbonyl (C=O) groups excluding carboxylic acids is 2. The average molecular weight is 443 g/mol. The lowest BCUT2D eigenvalue weighted by molar-refractivity contribution is -0.143. The highest BCUT2D eigenvalue weighted by molar-refractivity contribution is 5.88. The number of halogens is 1. The van der Waals surface area contributed by atoms with E-state index in [1.165, 1.54) is 17.0 Å². The molecule has 0 aliphatic carbocycles. The summed E-state index contributed by atoms with van der Waals surface area (Å²) in [6.07, 6.45) is 0.458. The fourth-order valence-corrected chi connectivity index (χ4v) is 3.50. The maximum atomic E-state index is 13.4. The van der Waals surface area contributed by atoms with Crippen LogP contribution in [0, 0.1) is 32.5 Å². The average Bonchev–Trinajstić information content (AvgIpc) is 2.74. The van der Waals surface area contributed by atoms with Gasteiger partial charge in [-0.05, 0) is 73.6 Å². The Morgan fingerprint density at radius 2 is 1.75 bits per heavy atom. The molecular formula is C26H35FN2O3. The van der Waals surface area contributed by atoms with Crippen LogP contribution in [0.3, 0.4) is 0 Å². The zero-order chi connectivity index (χ0) is 23.8. The molecule has 1 N–H and O–H groups in total. The third-order valence-corrected chi connectivity index (χ3v) is 5.45. The van der Waals surface area contributed by atoms with Crippen LogP contribution < -0.4 is 10.1 Å². The van der Waals surface area contributed by atoms with Crippen molar-refractivity contribution in [3.63, 3.8) is 0 Å². The van der Waals surface area contributed by atoms with Gasteiger partial charge in [0.1, 0.15) is 17.6 Å². The maximum absolute atomic E-state index is 13.4. The first-order valence-electron chi connectivity index (χ1n) is 11.1. The SMILES string of the molecule is CC[C@H](C(=O)NCC(C)C)N(Cc1ccc(F)cc1)C(=O)COc1cc(C)cc(C)c1C. The zero-order valence-corrected chi connectivity index (χ0v) is 20.0. The Morgan fingerprint density at radius 1 is 1.09 bits per heavy atom. The number of carbonyl (C=O) groups is 2. The van der Waals surface area contributed by atoms with Crippen molar-refractivity contribution in [3.8, 4) is 5.75 Å². The van der Waals surface area contributed by atoms with Crippen molar-refractivity contribution >= 4 is 11.8 Å². The van der Waals surface area contributed by atoms with Gasteiger partial charge in [-0.3, -0.25) is 9.59 Å². The molecule has 0 spiro atoms. The third kappa shape index (κ3) is 7.08. The molecule has 1 atom stereocenters. The number of nitrogens with one attached hydrogen (secondary N) is 1. The summed E-state index contributed by atoms with van der Waals surface area (Å²) < 4.78 is 19.2. The molecule has 2 rings (SSSR count). The normalized spacial score (nSPS) is 11.9. The minimum atomic E-state index is -0.643. The highest BCUT2D eigenvalue weighted by Crippen LogP contribution is 2.23. The third-order valence-electron chi connectivity index (χ3n) is 5.45. The molecule has 2 amide bonds. The molecule has 0 heterocycles. The second-order valence-electron chi connectivity index (χ2n) is 8.70. The van der Waals surface area contributed by atoms with Crippen molar-refractivity contribution in [3.05, 3.63) is 64.5 Å². The van der Waals surface area contributed by atoms with Crippen LogP contribution >= 0.6 is 0 Å². The molecule has 2 aromatic rings. The first kappa shape index (κ1) is 25.4. The molecule has 0 unspecified atom stereocenters. The minimum absolute atomic E-state index is 0.182. The van der Waals surface area contributed by atoms with Crippen molar-refractivity contribution < 1.29 is 18.7 Å². The molecule has 2 aromatic carbocycles. The molecule has 0 saturated carbocycles. The lowest BCUT2D eigenvalue weighted by Gasteiger charge is -2.31. The summed E-state index contributed by atoms with van der Waals surface area (Å²) >= 11 is 0. The molecular weight excluding hydrogens is 407 g/mol. The van der Waals surface area contributed by atoms with Gasteiger partial charge in [-0.15, -0.1) is 0 Å². The van der Waals surface area contributed by atoms with Crippen LogP contribution in [0.15, 0.2) is 36.4 Å². The van der Waals surface area contributed by atoms with E-state index in [2.05, 4.69) is 11.4 Å². The zero-order valence-electron chi connectivity index (χ0n) is 20.0. The monoisotopic (exact) mass is 442 g/mol. The second-order valence-corrected chi connectivity index (χ2v) is 8.70. The summed E-state index contributed by atoms with van der Waals surface area (Å²) in [4.78, 5) is 27.7. The predicted molar refractivity (Wildman–Crippen MR) is 125 cm³/mol. The highest BCUT2D eigenvalue weighted by Gasteiger charge is 2.29. The molecule has 0 fully saturated rings. The van der Waals surface area contributed by atoms with Gasteiger partial charge in [-0.25, -0.2) is 4.39 Å². The summed E-state index contributed by atoms with van der Waals surface area (Å²) in [5.41, 5.74) is 3.88. The van der Waals surface area contributed by atoms with Gasteiger partial charge in [-0.2, -0.15) is 0 Å². The quantitative estimate of drug-likeness (QED) is 0.580. The Labute approximate surface area is 191 Å². The molecule has 174 valence electrons. The smallest absolute Gasteiger partial charge is 0.261 e. The van der Waals surface area contributed by atoms with Crippen LogP contribution in [0.2, 0.25) is 0 Å². The molecule has 32 heavy (non-hydrogen) atoms. The number of ether oxygens (including phenoxy) is 1. The number of benzene rings is 2. The molecule has 6 heteroatoms. The molecule has 0 bridgehead atoms. The van der Waals surface area contributed by atoms with Crippen molar-refractivity contribution in [1.82, 2.24) is 10.2 Å². The Morgan fingerprint density at radius 3 is 2.34 bits per heavy atom. The van der Waals surface area contributed by atoms with Crippen molar-refractivity contribution in [2.45, 2.75) is 60.5 Å². The summed E-state index contributed by atoms with van der Waals surface area (Å²) in [7, 11) is 0. The van der Waals surface area contributed by atoms with Crippen LogP contribution in [0.4, 0.5) is 4.39 Å². The number of amides is 2. The van der Waals surface area contributed by atoms with Crippen LogP contribution in [-0.2, 0) is 16.1 Å². The minimum Gasteiger partial charge on any atom is -0.483 e. The van der Waals surface area contributed by atoms with Crippen LogP contribution in [-0.4, -0.2) is 35.9 Å². The molecule has 0 aliphatic heterocycles. The van der Waals surface area contributed by atoms with E-state index in [4.69, 9.17) is 4.74 Å². The van der Waals surface area contributed by atoms with Gasteiger partial charge in [0.15, 0.2) is 6.61 Å². The number of rotatable bonds is 10. The van der Waals surface area contributed by atoms with E-state index >= 15 is 0 Å². The lowest BCUT2D eigenvalue weighted by Crippen LogP contribution is -2.50. The van der Waals surface area contributed by atoms with Gasteiger partial charge < -0.3 is 15.0 Å². The van der Waals surface area contributed by atoms with Gasteiger partial charge >= 0.3 is 0 Å². The van der Waals surface area contributed by atoms with E-state index in [1.54, 1.807) is 12.1 Å². The topological polar surface area (TPSA) is 58.6 Å². The number of hydrogen-bond acceptors (Lipinski definition) is 3. The van der Waals surface area contributed by atoms with Crippen LogP contribution in [0.25, 0.3) is 0 Å². The Balaban J connectivity index is 2.24. The van der Waals surface area contributed by atoms with Gasteiger partial charge in [0.05, 0.1) is 0 Å². The molecule has 0 radical (unpaired) electrons. The lowest BCUT2D eigenvalue weighted by atomic mass is 10.1. The van der Waals surface area contributed by atoms with E-state index in [1.807, 2.05) is 47.6 Å². The molecule has 0 aromatic heterocycles. The van der Waals surface area contributed by atoms with Gasteiger partial charge in [0, 0.05) is 13.1 Å². The summed E-state index contributed by atoms with van der Waals surface area (Å²) in [5, 5.41) is 2.93. The number of hydrogen-bond donors (Lipinski definition) is 1. The van der Waals surface area contributed by atoms with E-state index in [9.17, 15) is 14.0 Å².